The minimum atomic E-state index is -3.17. The van der Waals surface area contributed by atoms with Crippen LogP contribution in [0.3, 0.4) is 0 Å². The Labute approximate surface area is 384 Å². The third kappa shape index (κ3) is 31.4. The van der Waals surface area contributed by atoms with Gasteiger partial charge in [0.05, 0.1) is 0 Å². The van der Waals surface area contributed by atoms with E-state index in [1.165, 1.54) is 57.5 Å². The smallest absolute Gasteiger partial charge is 0.867 e. The first-order chi connectivity index (χ1) is 29.8. The van der Waals surface area contributed by atoms with Crippen molar-refractivity contribution < 1.29 is 76.9 Å². The number of hydrogen-bond acceptors (Lipinski definition) is 8. The SMILES string of the molecule is C1=CCCC=CCC1.OB(O)F.OB(O)F.[O-]B(O)F.[O-]B([O-])F.[Rh+3].c1ccc(P(c2ccccc2)c2ccccc2)cc1.c1ccc(P(c2ccccc2)c2ccccc2)cc1. The molecule has 6 aromatic carbocycles. The van der Waals surface area contributed by atoms with Crippen LogP contribution in [-0.2, 0) is 19.5 Å². The second-order valence-corrected chi connectivity index (χ2v) is 16.4. The molecule has 0 aromatic heterocycles. The van der Waals surface area contributed by atoms with Gasteiger partial charge >= 0.3 is 41.7 Å². The van der Waals surface area contributed by atoms with Gasteiger partial charge in [-0.1, -0.05) is 206 Å². The molecular formula is C44H47B4F4O8P2Rh. The predicted molar refractivity (Wildman–Crippen MR) is 246 cm³/mol. The monoisotopic (exact) mass is 988 g/mol. The maximum absolute atomic E-state index is 10.1. The van der Waals surface area contributed by atoms with Crippen molar-refractivity contribution in [1.82, 2.24) is 0 Å². The van der Waals surface area contributed by atoms with Crippen molar-refractivity contribution in [2.45, 2.75) is 25.7 Å². The van der Waals surface area contributed by atoms with Gasteiger partial charge in [0.25, 0.3) is 0 Å². The van der Waals surface area contributed by atoms with Crippen LogP contribution < -0.4 is 46.9 Å². The fourth-order valence-corrected chi connectivity index (χ4v) is 9.82. The average Bonchev–Trinajstić information content (AvgIpc) is 3.23. The molecule has 5 N–H and O–H groups in total. The van der Waals surface area contributed by atoms with Gasteiger partial charge in [0, 0.05) is 0 Å². The van der Waals surface area contributed by atoms with E-state index in [0.717, 1.165) is 0 Å². The van der Waals surface area contributed by atoms with Gasteiger partial charge in [-0.15, -0.1) is 0 Å². The summed E-state index contributed by atoms with van der Waals surface area (Å²) < 4.78 is 40.1. The first-order valence-corrected chi connectivity index (χ1v) is 21.7. The van der Waals surface area contributed by atoms with Crippen molar-refractivity contribution >= 4 is 77.3 Å². The van der Waals surface area contributed by atoms with Gasteiger partial charge in [-0.3, -0.25) is 8.63 Å². The number of rotatable bonds is 6. The van der Waals surface area contributed by atoms with Gasteiger partial charge in [-0.2, -0.15) is 0 Å². The summed E-state index contributed by atoms with van der Waals surface area (Å²) >= 11 is 0. The van der Waals surface area contributed by atoms with Gasteiger partial charge < -0.3 is 48.8 Å². The fourth-order valence-electron chi connectivity index (χ4n) is 5.21. The van der Waals surface area contributed by atoms with Crippen LogP contribution >= 0.6 is 15.8 Å². The molecule has 0 radical (unpaired) electrons. The number of benzene rings is 6. The van der Waals surface area contributed by atoms with E-state index in [1.807, 2.05) is 0 Å². The first kappa shape index (κ1) is 58.9. The molecule has 1 aliphatic rings. The van der Waals surface area contributed by atoms with Crippen LogP contribution in [0.15, 0.2) is 206 Å². The topological polar surface area (TPSA) is 170 Å². The molecule has 19 heteroatoms. The Morgan fingerprint density at radius 1 is 0.333 bits per heavy atom. The van der Waals surface area contributed by atoms with Gasteiger partial charge in [-0.25, -0.2) is 0 Å². The largest absolute Gasteiger partial charge is 3.00 e. The normalized spacial score (nSPS) is 10.6. The Bertz CT molecular complexity index is 1610. The summed E-state index contributed by atoms with van der Waals surface area (Å²) in [5.74, 6) is 0. The molecule has 0 fully saturated rings. The number of hydrogen-bond donors (Lipinski definition) is 5. The number of allylic oxidation sites excluding steroid dienone is 4. The third-order valence-electron chi connectivity index (χ3n) is 7.42. The molecule has 6 aromatic rings. The third-order valence-corrected chi connectivity index (χ3v) is 12.3. The zero-order valence-electron chi connectivity index (χ0n) is 34.0. The fraction of sp³-hybridized carbons (Fsp3) is 0.0909. The van der Waals surface area contributed by atoms with E-state index < -0.39 is 45.4 Å². The Balaban J connectivity index is 0.000000808. The van der Waals surface area contributed by atoms with E-state index in [9.17, 15) is 17.3 Å². The van der Waals surface area contributed by atoms with Gasteiger partial charge in [-0.05, 0) is 73.4 Å². The van der Waals surface area contributed by atoms with Crippen molar-refractivity contribution in [2.75, 3.05) is 0 Å². The Morgan fingerprint density at radius 3 is 0.556 bits per heavy atom. The van der Waals surface area contributed by atoms with Crippen LogP contribution in [0, 0.1) is 0 Å². The molecule has 0 atom stereocenters. The second-order valence-electron chi connectivity index (χ2n) is 12.0. The van der Waals surface area contributed by atoms with Crippen LogP contribution in [-0.4, -0.2) is 54.7 Å². The quantitative estimate of drug-likeness (QED) is 0.0733. The van der Waals surface area contributed by atoms with Crippen LogP contribution in [0.2, 0.25) is 0 Å². The Kier molecular flexibility index (Phi) is 35.9. The van der Waals surface area contributed by atoms with Crippen molar-refractivity contribution in [3.05, 3.63) is 206 Å². The molecule has 0 aliphatic heterocycles. The molecule has 0 bridgehead atoms. The van der Waals surface area contributed by atoms with Crippen molar-refractivity contribution in [2.24, 2.45) is 0 Å². The summed E-state index contributed by atoms with van der Waals surface area (Å²) in [6.07, 6.45) is 14.0. The van der Waals surface area contributed by atoms with Crippen LogP contribution in [0.1, 0.15) is 25.7 Å². The van der Waals surface area contributed by atoms with E-state index in [2.05, 4.69) is 206 Å². The predicted octanol–water partition coefficient (Wildman–Crippen LogP) is 3.37. The van der Waals surface area contributed by atoms with E-state index in [0.29, 0.717) is 0 Å². The van der Waals surface area contributed by atoms with Crippen LogP contribution in [0.4, 0.5) is 17.3 Å². The molecule has 1 aliphatic carbocycles. The Hall–Kier alpha value is -4.06. The summed E-state index contributed by atoms with van der Waals surface area (Å²) in [6.45, 7) is 0. The summed E-state index contributed by atoms with van der Waals surface area (Å²) in [5.41, 5.74) is 0. The van der Waals surface area contributed by atoms with Crippen molar-refractivity contribution in [3.8, 4) is 0 Å². The van der Waals surface area contributed by atoms with E-state index in [4.69, 9.17) is 40.2 Å². The summed E-state index contributed by atoms with van der Waals surface area (Å²) in [7, 11) is -12.3. The summed E-state index contributed by atoms with van der Waals surface area (Å²) in [4.78, 5) is 0. The molecular weight excluding hydrogens is 941 g/mol. The zero-order chi connectivity index (χ0) is 45.8. The van der Waals surface area contributed by atoms with E-state index in [1.54, 1.807) is 0 Å². The van der Waals surface area contributed by atoms with Gasteiger partial charge in [0.1, 0.15) is 7.40 Å². The Morgan fingerprint density at radius 2 is 0.444 bits per heavy atom. The molecule has 0 unspecified atom stereocenters. The molecule has 0 saturated heterocycles. The van der Waals surface area contributed by atoms with E-state index >= 15 is 0 Å². The van der Waals surface area contributed by atoms with Gasteiger partial charge in [0.15, 0.2) is 0 Å². The zero-order valence-corrected chi connectivity index (χ0v) is 37.4. The molecule has 0 spiro atoms. The standard InChI is InChI=1S/2C18H15P.C8H12.2BFH2O2.BFHO2.BFO2.Rh/c2*1-4-10-16(11-5-1)19(17-12-6-2-7-13-17)18-14-8-3-9-15-18;1-2-4-6-8-7-5-3-1;4*2-1(3)4;/h2*1-15H;1-2,7-8H,3-6H2;2*3-4H;3H;;/q;;;;;-1;-2;+3. The molecule has 0 saturated carbocycles. The number of halogens is 4. The van der Waals surface area contributed by atoms with Crippen LogP contribution in [0.25, 0.3) is 0 Å². The molecule has 0 amide bonds. The van der Waals surface area contributed by atoms with Crippen molar-refractivity contribution in [3.63, 3.8) is 0 Å². The molecule has 8 nitrogen and oxygen atoms in total. The second kappa shape index (κ2) is 38.4. The molecule has 330 valence electrons. The molecule has 7 rings (SSSR count). The van der Waals surface area contributed by atoms with Gasteiger partial charge in [0.2, 0.25) is 0 Å². The summed E-state index contributed by atoms with van der Waals surface area (Å²) in [5, 5.41) is 68.0. The summed E-state index contributed by atoms with van der Waals surface area (Å²) in [6, 6.07) is 64.7. The first-order valence-electron chi connectivity index (χ1n) is 19.0. The minimum absolute atomic E-state index is 0. The minimum Gasteiger partial charge on any atom is -0.867 e. The maximum atomic E-state index is 10.1. The van der Waals surface area contributed by atoms with Crippen LogP contribution in [0.5, 0.6) is 0 Å². The molecule has 63 heavy (non-hydrogen) atoms. The van der Waals surface area contributed by atoms with E-state index in [-0.39, 0.29) is 19.5 Å². The maximum Gasteiger partial charge on any atom is 3.00 e. The van der Waals surface area contributed by atoms with Crippen molar-refractivity contribution in [1.29, 1.82) is 0 Å². The average molecular weight is 988 g/mol. The molecule has 0 heterocycles.